The molecule has 102 valence electrons. The van der Waals surface area contributed by atoms with E-state index in [1.165, 1.54) is 31.2 Å². The van der Waals surface area contributed by atoms with Gasteiger partial charge in [0.05, 0.1) is 0 Å². The fourth-order valence-electron chi connectivity index (χ4n) is 2.44. The summed E-state index contributed by atoms with van der Waals surface area (Å²) < 4.78 is 0. The number of hydrogen-bond acceptors (Lipinski definition) is 1. The van der Waals surface area contributed by atoms with Gasteiger partial charge in [0, 0.05) is 0 Å². The van der Waals surface area contributed by atoms with Gasteiger partial charge in [0.1, 0.15) is 5.75 Å². The third-order valence-electron chi connectivity index (χ3n) is 3.54. The first-order chi connectivity index (χ1) is 8.39. The SMILES string of the molecule is CC(C)Cc1ccc(O)cc1.CC1(C)CCCC1. The maximum Gasteiger partial charge on any atom is 0.115 e. The van der Waals surface area contributed by atoms with Crippen molar-refractivity contribution in [3.63, 3.8) is 0 Å². The fourth-order valence-corrected chi connectivity index (χ4v) is 2.44. The molecule has 1 nitrogen and oxygen atoms in total. The van der Waals surface area contributed by atoms with Gasteiger partial charge in [-0.2, -0.15) is 0 Å². The molecule has 1 aliphatic rings. The molecular weight excluding hydrogens is 220 g/mol. The maximum absolute atomic E-state index is 8.99. The molecule has 0 aliphatic heterocycles. The predicted octanol–water partition coefficient (Wildman–Crippen LogP) is 5.18. The smallest absolute Gasteiger partial charge is 0.115 e. The molecule has 18 heavy (non-hydrogen) atoms. The number of aromatic hydroxyl groups is 1. The highest BCUT2D eigenvalue weighted by molar-refractivity contribution is 5.25. The van der Waals surface area contributed by atoms with Crippen molar-refractivity contribution in [2.24, 2.45) is 11.3 Å². The lowest BCUT2D eigenvalue weighted by Crippen LogP contribution is -2.01. The average molecular weight is 248 g/mol. The van der Waals surface area contributed by atoms with Crippen molar-refractivity contribution in [3.8, 4) is 5.75 Å². The zero-order valence-corrected chi connectivity index (χ0v) is 12.4. The quantitative estimate of drug-likeness (QED) is 0.764. The molecule has 1 aromatic carbocycles. The van der Waals surface area contributed by atoms with Crippen LogP contribution < -0.4 is 0 Å². The lowest BCUT2D eigenvalue weighted by molar-refractivity contribution is 0.382. The van der Waals surface area contributed by atoms with Gasteiger partial charge < -0.3 is 5.11 Å². The highest BCUT2D eigenvalue weighted by Gasteiger charge is 2.21. The first-order valence-corrected chi connectivity index (χ1v) is 7.17. The average Bonchev–Trinajstić information content (AvgIpc) is 2.67. The molecule has 0 aromatic heterocycles. The van der Waals surface area contributed by atoms with Crippen LogP contribution in [0.4, 0.5) is 0 Å². The second-order valence-corrected chi connectivity index (χ2v) is 6.64. The Kier molecular flexibility index (Phi) is 5.71. The van der Waals surface area contributed by atoms with E-state index >= 15 is 0 Å². The molecular formula is C17H28O. The Morgan fingerprint density at radius 3 is 1.89 bits per heavy atom. The molecule has 0 saturated heterocycles. The Morgan fingerprint density at radius 2 is 1.56 bits per heavy atom. The van der Waals surface area contributed by atoms with E-state index in [-0.39, 0.29) is 0 Å². The van der Waals surface area contributed by atoms with Gasteiger partial charge in [0.25, 0.3) is 0 Å². The molecule has 0 bridgehead atoms. The van der Waals surface area contributed by atoms with E-state index in [2.05, 4.69) is 27.7 Å². The summed E-state index contributed by atoms with van der Waals surface area (Å²) in [6.45, 7) is 9.10. The zero-order chi connectivity index (χ0) is 13.6. The highest BCUT2D eigenvalue weighted by atomic mass is 16.3. The van der Waals surface area contributed by atoms with Crippen LogP contribution in [0.5, 0.6) is 5.75 Å². The van der Waals surface area contributed by atoms with Crippen molar-refractivity contribution < 1.29 is 5.11 Å². The lowest BCUT2D eigenvalue weighted by Gasteiger charge is -2.13. The van der Waals surface area contributed by atoms with Crippen molar-refractivity contribution in [1.29, 1.82) is 0 Å². The van der Waals surface area contributed by atoms with Crippen LogP contribution in [-0.4, -0.2) is 5.11 Å². The summed E-state index contributed by atoms with van der Waals surface area (Å²) in [5, 5.41) is 8.99. The molecule has 1 aliphatic carbocycles. The van der Waals surface area contributed by atoms with Gasteiger partial charge in [0.15, 0.2) is 0 Å². The van der Waals surface area contributed by atoms with Gasteiger partial charge in [-0.1, -0.05) is 52.7 Å². The summed E-state index contributed by atoms with van der Waals surface area (Å²) in [6, 6.07) is 7.40. The topological polar surface area (TPSA) is 20.2 Å². The monoisotopic (exact) mass is 248 g/mol. The minimum Gasteiger partial charge on any atom is -0.508 e. The number of hydrogen-bond donors (Lipinski definition) is 1. The van der Waals surface area contributed by atoms with Crippen LogP contribution in [-0.2, 0) is 6.42 Å². The largest absolute Gasteiger partial charge is 0.508 e. The fraction of sp³-hybridized carbons (Fsp3) is 0.647. The second-order valence-electron chi connectivity index (χ2n) is 6.64. The Morgan fingerprint density at radius 1 is 1.06 bits per heavy atom. The molecule has 1 saturated carbocycles. The van der Waals surface area contributed by atoms with E-state index in [1.54, 1.807) is 12.1 Å². The van der Waals surface area contributed by atoms with Gasteiger partial charge >= 0.3 is 0 Å². The van der Waals surface area contributed by atoms with Crippen molar-refractivity contribution >= 4 is 0 Å². The van der Waals surface area contributed by atoms with Gasteiger partial charge in [-0.25, -0.2) is 0 Å². The minimum absolute atomic E-state index is 0.345. The summed E-state index contributed by atoms with van der Waals surface area (Å²) in [4.78, 5) is 0. The van der Waals surface area contributed by atoms with E-state index in [4.69, 9.17) is 5.11 Å². The van der Waals surface area contributed by atoms with Gasteiger partial charge in [0.2, 0.25) is 0 Å². The van der Waals surface area contributed by atoms with Crippen LogP contribution in [0.15, 0.2) is 24.3 Å². The van der Waals surface area contributed by atoms with Crippen molar-refractivity contribution in [2.75, 3.05) is 0 Å². The maximum atomic E-state index is 8.99. The summed E-state index contributed by atoms with van der Waals surface area (Å²) in [7, 11) is 0. The standard InChI is InChI=1S/C10H14O.C7H14/c1-8(2)7-9-3-5-10(11)6-4-9;1-7(2)5-3-4-6-7/h3-6,8,11H,7H2,1-2H3;3-6H2,1-2H3. The summed E-state index contributed by atoms with van der Waals surface area (Å²) in [5.74, 6) is 1.03. The molecule has 1 fully saturated rings. The van der Waals surface area contributed by atoms with Crippen LogP contribution in [0.25, 0.3) is 0 Å². The summed E-state index contributed by atoms with van der Waals surface area (Å²) >= 11 is 0. The second kappa shape index (κ2) is 6.82. The normalized spacial score (nSPS) is 17.4. The van der Waals surface area contributed by atoms with Crippen molar-refractivity contribution in [1.82, 2.24) is 0 Å². The third-order valence-corrected chi connectivity index (χ3v) is 3.54. The van der Waals surface area contributed by atoms with Gasteiger partial charge in [-0.3, -0.25) is 0 Å². The zero-order valence-electron chi connectivity index (χ0n) is 12.4. The molecule has 0 atom stereocenters. The molecule has 0 unspecified atom stereocenters. The number of phenolic OH excluding ortho intramolecular Hbond substituents is 1. The number of benzene rings is 1. The van der Waals surface area contributed by atoms with Crippen molar-refractivity contribution in [2.45, 2.75) is 59.8 Å². The highest BCUT2D eigenvalue weighted by Crippen LogP contribution is 2.36. The van der Waals surface area contributed by atoms with Crippen LogP contribution in [0, 0.1) is 11.3 Å². The summed E-state index contributed by atoms with van der Waals surface area (Å²) in [5.41, 5.74) is 1.98. The Labute approximate surface area is 112 Å². The van der Waals surface area contributed by atoms with Crippen LogP contribution in [0.1, 0.15) is 58.9 Å². The molecule has 0 radical (unpaired) electrons. The van der Waals surface area contributed by atoms with E-state index in [1.807, 2.05) is 12.1 Å². The van der Waals surface area contributed by atoms with Crippen LogP contribution in [0.2, 0.25) is 0 Å². The van der Waals surface area contributed by atoms with Gasteiger partial charge in [-0.15, -0.1) is 0 Å². The van der Waals surface area contributed by atoms with E-state index in [0.717, 1.165) is 6.42 Å². The first-order valence-electron chi connectivity index (χ1n) is 7.17. The van der Waals surface area contributed by atoms with E-state index in [9.17, 15) is 0 Å². The third kappa shape index (κ3) is 6.09. The Balaban J connectivity index is 0.000000199. The molecule has 0 amide bonds. The van der Waals surface area contributed by atoms with Crippen molar-refractivity contribution in [3.05, 3.63) is 29.8 Å². The molecule has 1 heteroatoms. The Bertz CT molecular complexity index is 327. The predicted molar refractivity (Wildman–Crippen MR) is 78.9 cm³/mol. The molecule has 0 spiro atoms. The Hall–Kier alpha value is -0.980. The number of phenols is 1. The first kappa shape index (κ1) is 15.1. The van der Waals surface area contributed by atoms with E-state index < -0.39 is 0 Å². The lowest BCUT2D eigenvalue weighted by atomic mass is 9.92. The van der Waals surface area contributed by atoms with Crippen LogP contribution in [0.3, 0.4) is 0 Å². The van der Waals surface area contributed by atoms with E-state index in [0.29, 0.717) is 17.1 Å². The van der Waals surface area contributed by atoms with Crippen LogP contribution >= 0.6 is 0 Å². The molecule has 1 aromatic rings. The molecule has 0 heterocycles. The molecule has 1 N–H and O–H groups in total. The van der Waals surface area contributed by atoms with Gasteiger partial charge in [-0.05, 0) is 48.3 Å². The number of rotatable bonds is 2. The minimum atomic E-state index is 0.345. The molecule has 2 rings (SSSR count). The summed E-state index contributed by atoms with van der Waals surface area (Å²) in [6.07, 6.45) is 6.92.